The number of allylic oxidation sites excluding steroid dienone is 1. The number of hydrogen-bond acceptors (Lipinski definition) is 3. The Bertz CT molecular complexity index is 483. The number of Topliss-reactive ketones (excluding diaryl/α,β-unsaturated/α-hetero) is 1. The van der Waals surface area contributed by atoms with E-state index in [-0.39, 0.29) is 11.1 Å². The van der Waals surface area contributed by atoms with Crippen molar-refractivity contribution >= 4 is 34.7 Å². The average molecular weight is 347 g/mol. The van der Waals surface area contributed by atoms with Gasteiger partial charge in [-0.3, -0.25) is 9.59 Å². The molecule has 0 bridgehead atoms. The lowest BCUT2D eigenvalue weighted by molar-refractivity contribution is -0.104. The summed E-state index contributed by atoms with van der Waals surface area (Å²) in [5.41, 5.74) is -0.159. The molecule has 0 fully saturated rings. The molecular formula is C12H11FINO2. The third kappa shape index (κ3) is 3.62. The summed E-state index contributed by atoms with van der Waals surface area (Å²) in [6.45, 7) is 0. The highest BCUT2D eigenvalue weighted by Gasteiger charge is 2.16. The Labute approximate surface area is 112 Å². The number of hydrogen-bond donors (Lipinski definition) is 0. The summed E-state index contributed by atoms with van der Waals surface area (Å²) < 4.78 is 14.2. The minimum Gasteiger partial charge on any atom is -0.383 e. The van der Waals surface area contributed by atoms with Crippen LogP contribution in [0.2, 0.25) is 0 Å². The van der Waals surface area contributed by atoms with Crippen LogP contribution in [-0.4, -0.2) is 31.1 Å². The van der Waals surface area contributed by atoms with Crippen molar-refractivity contribution in [2.24, 2.45) is 0 Å². The molecule has 0 heterocycles. The van der Waals surface area contributed by atoms with E-state index in [0.717, 1.165) is 3.57 Å². The van der Waals surface area contributed by atoms with E-state index in [4.69, 9.17) is 0 Å². The number of rotatable bonds is 4. The fraction of sp³-hybridized carbons (Fsp3) is 0.167. The van der Waals surface area contributed by atoms with Crippen LogP contribution in [0.4, 0.5) is 4.39 Å². The van der Waals surface area contributed by atoms with Crippen LogP contribution >= 0.6 is 22.6 Å². The van der Waals surface area contributed by atoms with Gasteiger partial charge >= 0.3 is 0 Å². The molecule has 0 atom stereocenters. The molecule has 17 heavy (non-hydrogen) atoms. The Balaban J connectivity index is 3.19. The number of ketones is 1. The minimum atomic E-state index is -0.623. The van der Waals surface area contributed by atoms with E-state index in [1.165, 1.54) is 18.3 Å². The van der Waals surface area contributed by atoms with Gasteiger partial charge in [-0.1, -0.05) is 0 Å². The zero-order chi connectivity index (χ0) is 13.0. The van der Waals surface area contributed by atoms with E-state index >= 15 is 0 Å². The maximum absolute atomic E-state index is 13.5. The molecule has 1 rings (SSSR count). The highest BCUT2D eigenvalue weighted by atomic mass is 127. The molecule has 0 saturated heterocycles. The van der Waals surface area contributed by atoms with Crippen molar-refractivity contribution in [1.82, 2.24) is 4.90 Å². The number of carbonyl (C=O) groups is 2. The molecule has 1 aromatic rings. The van der Waals surface area contributed by atoms with Gasteiger partial charge in [-0.2, -0.15) is 0 Å². The van der Waals surface area contributed by atoms with Gasteiger partial charge in [-0.05, 0) is 40.8 Å². The van der Waals surface area contributed by atoms with Crippen LogP contribution in [0.25, 0.3) is 0 Å². The van der Waals surface area contributed by atoms with Crippen molar-refractivity contribution < 1.29 is 14.0 Å². The summed E-state index contributed by atoms with van der Waals surface area (Å²) in [6, 6.07) is 4.20. The zero-order valence-electron chi connectivity index (χ0n) is 9.41. The predicted octanol–water partition coefficient (Wildman–Crippen LogP) is 2.26. The van der Waals surface area contributed by atoms with E-state index in [1.807, 2.05) is 22.6 Å². The van der Waals surface area contributed by atoms with Gasteiger partial charge < -0.3 is 4.90 Å². The first-order chi connectivity index (χ1) is 7.95. The molecule has 0 N–H and O–H groups in total. The first-order valence-electron chi connectivity index (χ1n) is 4.79. The second-order valence-corrected chi connectivity index (χ2v) is 4.86. The fourth-order valence-electron chi connectivity index (χ4n) is 1.25. The van der Waals surface area contributed by atoms with Crippen molar-refractivity contribution in [1.29, 1.82) is 0 Å². The molecule has 0 amide bonds. The molecule has 90 valence electrons. The molecule has 0 unspecified atom stereocenters. The van der Waals surface area contributed by atoms with E-state index in [9.17, 15) is 14.0 Å². The molecule has 0 aromatic heterocycles. The van der Waals surface area contributed by atoms with Crippen molar-refractivity contribution in [3.8, 4) is 0 Å². The third-order valence-electron chi connectivity index (χ3n) is 1.96. The van der Waals surface area contributed by atoms with Crippen LogP contribution in [0.5, 0.6) is 0 Å². The summed E-state index contributed by atoms with van der Waals surface area (Å²) in [7, 11) is 3.36. The average Bonchev–Trinajstić information content (AvgIpc) is 2.28. The maximum Gasteiger partial charge on any atom is 0.200 e. The molecule has 5 heteroatoms. The lowest BCUT2D eigenvalue weighted by atomic mass is 10.0. The Morgan fingerprint density at radius 1 is 1.41 bits per heavy atom. The Kier molecular flexibility index (Phi) is 4.80. The summed E-state index contributed by atoms with van der Waals surface area (Å²) in [4.78, 5) is 24.3. The van der Waals surface area contributed by atoms with E-state index in [2.05, 4.69) is 0 Å². The van der Waals surface area contributed by atoms with Gasteiger partial charge in [0, 0.05) is 23.9 Å². The molecule has 0 spiro atoms. The largest absolute Gasteiger partial charge is 0.383 e. The normalized spacial score (nSPS) is 11.2. The molecular weight excluding hydrogens is 336 g/mol. The predicted molar refractivity (Wildman–Crippen MR) is 71.3 cm³/mol. The Hall–Kier alpha value is -1.24. The van der Waals surface area contributed by atoms with Crippen LogP contribution in [0, 0.1) is 9.39 Å². The fourth-order valence-corrected chi connectivity index (χ4v) is 1.74. The molecule has 0 aliphatic heterocycles. The van der Waals surface area contributed by atoms with Crippen LogP contribution in [0.15, 0.2) is 30.0 Å². The zero-order valence-corrected chi connectivity index (χ0v) is 11.6. The van der Waals surface area contributed by atoms with E-state index in [1.54, 1.807) is 25.1 Å². The van der Waals surface area contributed by atoms with Crippen LogP contribution in [-0.2, 0) is 4.79 Å². The van der Waals surface area contributed by atoms with Crippen molar-refractivity contribution in [3.63, 3.8) is 0 Å². The maximum atomic E-state index is 13.5. The summed E-state index contributed by atoms with van der Waals surface area (Å²) in [6.07, 6.45) is 1.80. The van der Waals surface area contributed by atoms with E-state index in [0.29, 0.717) is 6.29 Å². The lowest BCUT2D eigenvalue weighted by Crippen LogP contribution is -2.12. The summed E-state index contributed by atoms with van der Waals surface area (Å²) >= 11 is 1.98. The van der Waals surface area contributed by atoms with Crippen LogP contribution in [0.3, 0.4) is 0 Å². The second kappa shape index (κ2) is 5.90. The second-order valence-electron chi connectivity index (χ2n) is 3.62. The van der Waals surface area contributed by atoms with Gasteiger partial charge in [0.25, 0.3) is 0 Å². The van der Waals surface area contributed by atoms with Gasteiger partial charge in [0.15, 0.2) is 6.29 Å². The molecule has 0 aliphatic carbocycles. The Morgan fingerprint density at radius 2 is 2.06 bits per heavy atom. The van der Waals surface area contributed by atoms with Gasteiger partial charge in [-0.25, -0.2) is 4.39 Å². The molecule has 1 aromatic carbocycles. The Morgan fingerprint density at radius 3 is 2.59 bits per heavy atom. The molecule has 0 saturated carbocycles. The quantitative estimate of drug-likeness (QED) is 0.209. The van der Waals surface area contributed by atoms with Crippen molar-refractivity contribution in [3.05, 3.63) is 44.9 Å². The van der Waals surface area contributed by atoms with Crippen molar-refractivity contribution in [2.75, 3.05) is 14.1 Å². The summed E-state index contributed by atoms with van der Waals surface area (Å²) in [5, 5.41) is 0. The lowest BCUT2D eigenvalue weighted by Gasteiger charge is -2.07. The first-order valence-corrected chi connectivity index (χ1v) is 5.86. The monoisotopic (exact) mass is 347 g/mol. The van der Waals surface area contributed by atoms with Crippen molar-refractivity contribution in [2.45, 2.75) is 0 Å². The highest BCUT2D eigenvalue weighted by molar-refractivity contribution is 14.1. The third-order valence-corrected chi connectivity index (χ3v) is 2.63. The number of benzene rings is 1. The van der Waals surface area contributed by atoms with Gasteiger partial charge in [-0.15, -0.1) is 0 Å². The highest BCUT2D eigenvalue weighted by Crippen LogP contribution is 2.16. The number of nitrogens with zero attached hydrogens (tertiary/aromatic N) is 1. The number of halogens is 2. The minimum absolute atomic E-state index is 0.0732. The van der Waals surface area contributed by atoms with Gasteiger partial charge in [0.05, 0.1) is 11.1 Å². The van der Waals surface area contributed by atoms with Gasteiger partial charge in [0.2, 0.25) is 5.78 Å². The first kappa shape index (κ1) is 13.8. The topological polar surface area (TPSA) is 37.4 Å². The SMILES string of the molecule is CN(C)C=C(C=O)C(=O)c1cc(I)ccc1F. The number of aldehydes is 1. The standard InChI is InChI=1S/C12H11FINO2/c1-15(2)6-8(7-16)12(17)10-5-9(14)3-4-11(10)13/h3-7H,1-2H3. The molecule has 0 aliphatic rings. The van der Waals surface area contributed by atoms with E-state index < -0.39 is 11.6 Å². The number of carbonyl (C=O) groups excluding carboxylic acids is 2. The van der Waals surface area contributed by atoms with Crippen LogP contribution in [0.1, 0.15) is 10.4 Å². The smallest absolute Gasteiger partial charge is 0.200 e. The molecule has 0 radical (unpaired) electrons. The molecule has 3 nitrogen and oxygen atoms in total. The van der Waals surface area contributed by atoms with Crippen LogP contribution < -0.4 is 0 Å². The van der Waals surface area contributed by atoms with Gasteiger partial charge in [0.1, 0.15) is 5.82 Å². The summed E-state index contributed by atoms with van der Waals surface area (Å²) in [5.74, 6) is -1.23.